The fraction of sp³-hybridized carbons (Fsp3) is 0.611. The zero-order valence-electron chi connectivity index (χ0n) is 15.5. The van der Waals surface area contributed by atoms with E-state index in [1.807, 2.05) is 0 Å². The highest BCUT2D eigenvalue weighted by atomic mass is 16.6. The molecule has 0 aliphatic carbocycles. The van der Waals surface area contributed by atoms with Gasteiger partial charge in [-0.05, 0) is 38.6 Å². The Balaban J connectivity index is 1.70. The number of piperazine rings is 1. The van der Waals surface area contributed by atoms with Crippen molar-refractivity contribution in [2.24, 2.45) is 0 Å². The van der Waals surface area contributed by atoms with Crippen LogP contribution in [0.3, 0.4) is 0 Å². The maximum absolute atomic E-state index is 11.8. The summed E-state index contributed by atoms with van der Waals surface area (Å²) in [5.74, 6) is -0.314. The molecule has 26 heavy (non-hydrogen) atoms. The van der Waals surface area contributed by atoms with E-state index in [-0.39, 0.29) is 11.6 Å². The predicted octanol–water partition coefficient (Wildman–Crippen LogP) is 1.17. The van der Waals surface area contributed by atoms with Crippen LogP contribution < -0.4 is 10.2 Å². The Morgan fingerprint density at radius 2 is 1.96 bits per heavy atom. The number of amides is 1. The number of hydrogen-bond donors (Lipinski definition) is 1. The lowest BCUT2D eigenvalue weighted by Crippen LogP contribution is -2.54. The number of nitro groups is 1. The lowest BCUT2D eigenvalue weighted by Gasteiger charge is -2.43. The van der Waals surface area contributed by atoms with E-state index in [4.69, 9.17) is 0 Å². The molecule has 3 rings (SSSR count). The molecule has 142 valence electrons. The van der Waals surface area contributed by atoms with Gasteiger partial charge in [-0.15, -0.1) is 0 Å². The van der Waals surface area contributed by atoms with E-state index in [0.717, 1.165) is 32.7 Å². The summed E-state index contributed by atoms with van der Waals surface area (Å²) in [5, 5.41) is 14.0. The molecule has 0 saturated carbocycles. The molecule has 2 fully saturated rings. The molecule has 1 amide bonds. The molecule has 8 heteroatoms. The SMILES string of the molecule is CNC(=O)c1ccc(N2CCN(C3CCCN(C)C3)CC2)c([N+](=O)[O-])c1. The van der Waals surface area contributed by atoms with Gasteiger partial charge in [0.1, 0.15) is 5.69 Å². The number of nitro benzene ring substituents is 1. The number of carbonyl (C=O) groups is 1. The molecule has 0 bridgehead atoms. The van der Waals surface area contributed by atoms with Gasteiger partial charge in [-0.3, -0.25) is 19.8 Å². The predicted molar refractivity (Wildman–Crippen MR) is 101 cm³/mol. The summed E-state index contributed by atoms with van der Waals surface area (Å²) >= 11 is 0. The van der Waals surface area contributed by atoms with Crippen LogP contribution in [0.25, 0.3) is 0 Å². The molecule has 2 aliphatic rings. The fourth-order valence-electron chi connectivity index (χ4n) is 3.99. The van der Waals surface area contributed by atoms with Crippen molar-refractivity contribution in [1.82, 2.24) is 15.1 Å². The standard InChI is InChI=1S/C18H27N5O3/c1-19-18(24)14-5-6-16(17(12-14)23(25)26)22-10-8-21(9-11-22)15-4-3-7-20(2)13-15/h5-6,12,15H,3-4,7-11,13H2,1-2H3,(H,19,24). The largest absolute Gasteiger partial charge is 0.363 e. The number of carbonyl (C=O) groups excluding carboxylic acids is 1. The van der Waals surface area contributed by atoms with Gasteiger partial charge in [0.15, 0.2) is 0 Å². The third-order valence-corrected chi connectivity index (χ3v) is 5.43. The fourth-order valence-corrected chi connectivity index (χ4v) is 3.99. The molecular weight excluding hydrogens is 334 g/mol. The summed E-state index contributed by atoms with van der Waals surface area (Å²) in [7, 11) is 3.68. The van der Waals surface area contributed by atoms with Gasteiger partial charge >= 0.3 is 0 Å². The molecule has 2 heterocycles. The van der Waals surface area contributed by atoms with Crippen LogP contribution in [0.2, 0.25) is 0 Å². The molecule has 8 nitrogen and oxygen atoms in total. The van der Waals surface area contributed by atoms with Gasteiger partial charge < -0.3 is 15.1 Å². The first kappa shape index (κ1) is 18.6. The molecule has 2 aliphatic heterocycles. The van der Waals surface area contributed by atoms with E-state index in [1.165, 1.54) is 32.5 Å². The molecule has 1 aromatic rings. The lowest BCUT2D eigenvalue weighted by atomic mass is 10.0. The van der Waals surface area contributed by atoms with Crippen LogP contribution in [-0.4, -0.2) is 80.0 Å². The minimum absolute atomic E-state index is 0.00282. The minimum atomic E-state index is -0.399. The summed E-state index contributed by atoms with van der Waals surface area (Å²) in [6, 6.07) is 5.31. The maximum atomic E-state index is 11.8. The first-order valence-corrected chi connectivity index (χ1v) is 9.17. The number of hydrogen-bond acceptors (Lipinski definition) is 6. The summed E-state index contributed by atoms with van der Waals surface area (Å²) < 4.78 is 0. The van der Waals surface area contributed by atoms with E-state index in [0.29, 0.717) is 17.3 Å². The number of rotatable bonds is 4. The summed E-state index contributed by atoms with van der Waals surface area (Å²) in [5.41, 5.74) is 0.909. The molecule has 0 spiro atoms. The van der Waals surface area contributed by atoms with Crippen molar-refractivity contribution in [3.8, 4) is 0 Å². The highest BCUT2D eigenvalue weighted by Gasteiger charge is 2.29. The van der Waals surface area contributed by atoms with E-state index in [2.05, 4.69) is 27.1 Å². The Morgan fingerprint density at radius 1 is 1.23 bits per heavy atom. The van der Waals surface area contributed by atoms with Crippen molar-refractivity contribution in [3.63, 3.8) is 0 Å². The number of nitrogens with zero attached hydrogens (tertiary/aromatic N) is 4. The summed E-state index contributed by atoms with van der Waals surface area (Å²) in [4.78, 5) is 29.8. The second-order valence-electron chi connectivity index (χ2n) is 7.12. The Hall–Kier alpha value is -2.19. The molecule has 1 unspecified atom stereocenters. The Kier molecular flexibility index (Phi) is 5.73. The van der Waals surface area contributed by atoms with Gasteiger partial charge in [0, 0.05) is 57.4 Å². The molecule has 1 N–H and O–H groups in total. The first-order chi connectivity index (χ1) is 12.5. The molecule has 2 saturated heterocycles. The molecule has 0 radical (unpaired) electrons. The molecule has 1 aromatic carbocycles. The van der Waals surface area contributed by atoms with Crippen LogP contribution in [0, 0.1) is 10.1 Å². The second-order valence-corrected chi connectivity index (χ2v) is 7.12. The molecule has 0 aromatic heterocycles. The van der Waals surface area contributed by atoms with Crippen molar-refractivity contribution < 1.29 is 9.72 Å². The number of piperidine rings is 1. The second kappa shape index (κ2) is 8.01. The number of benzene rings is 1. The van der Waals surface area contributed by atoms with Gasteiger partial charge in [0.25, 0.3) is 11.6 Å². The van der Waals surface area contributed by atoms with E-state index in [1.54, 1.807) is 12.1 Å². The highest BCUT2D eigenvalue weighted by Crippen LogP contribution is 2.30. The van der Waals surface area contributed by atoms with Crippen molar-refractivity contribution in [1.29, 1.82) is 0 Å². The van der Waals surface area contributed by atoms with E-state index in [9.17, 15) is 14.9 Å². The van der Waals surface area contributed by atoms with Crippen molar-refractivity contribution >= 4 is 17.3 Å². The van der Waals surface area contributed by atoms with Crippen LogP contribution >= 0.6 is 0 Å². The number of anilines is 1. The summed E-state index contributed by atoms with van der Waals surface area (Å²) in [6.45, 7) is 5.61. The quantitative estimate of drug-likeness (QED) is 0.640. The van der Waals surface area contributed by atoms with Crippen LogP contribution in [0.1, 0.15) is 23.2 Å². The van der Waals surface area contributed by atoms with Gasteiger partial charge in [-0.2, -0.15) is 0 Å². The normalized spacial score (nSPS) is 22.2. The smallest absolute Gasteiger partial charge is 0.293 e. The van der Waals surface area contributed by atoms with Gasteiger partial charge in [-0.25, -0.2) is 0 Å². The van der Waals surface area contributed by atoms with Gasteiger partial charge in [0.2, 0.25) is 0 Å². The number of likely N-dealkylation sites (tertiary alicyclic amines) is 1. The summed E-state index contributed by atoms with van der Waals surface area (Å²) in [6.07, 6.45) is 2.46. The van der Waals surface area contributed by atoms with Crippen LogP contribution in [0.15, 0.2) is 18.2 Å². The number of nitrogens with one attached hydrogen (secondary N) is 1. The zero-order valence-corrected chi connectivity index (χ0v) is 15.5. The zero-order chi connectivity index (χ0) is 18.7. The number of likely N-dealkylation sites (N-methyl/N-ethyl adjacent to an activating group) is 1. The van der Waals surface area contributed by atoms with E-state index >= 15 is 0 Å². The Labute approximate surface area is 153 Å². The van der Waals surface area contributed by atoms with Gasteiger partial charge in [0.05, 0.1) is 4.92 Å². The average molecular weight is 361 g/mol. The first-order valence-electron chi connectivity index (χ1n) is 9.17. The highest BCUT2D eigenvalue weighted by molar-refractivity contribution is 5.95. The van der Waals surface area contributed by atoms with Crippen molar-refractivity contribution in [3.05, 3.63) is 33.9 Å². The monoisotopic (exact) mass is 361 g/mol. The maximum Gasteiger partial charge on any atom is 0.293 e. The topological polar surface area (TPSA) is 82.0 Å². The average Bonchev–Trinajstić information content (AvgIpc) is 2.67. The van der Waals surface area contributed by atoms with Crippen LogP contribution in [0.5, 0.6) is 0 Å². The minimum Gasteiger partial charge on any atom is -0.363 e. The Bertz CT molecular complexity index is 673. The van der Waals surface area contributed by atoms with Crippen molar-refractivity contribution in [2.45, 2.75) is 18.9 Å². The van der Waals surface area contributed by atoms with Gasteiger partial charge in [-0.1, -0.05) is 0 Å². The van der Waals surface area contributed by atoms with Crippen LogP contribution in [0.4, 0.5) is 11.4 Å². The molecular formula is C18H27N5O3. The van der Waals surface area contributed by atoms with Crippen LogP contribution in [-0.2, 0) is 0 Å². The van der Waals surface area contributed by atoms with Crippen molar-refractivity contribution in [2.75, 3.05) is 58.3 Å². The lowest BCUT2D eigenvalue weighted by molar-refractivity contribution is -0.384. The third-order valence-electron chi connectivity index (χ3n) is 5.43. The third kappa shape index (κ3) is 3.96. The Morgan fingerprint density at radius 3 is 2.58 bits per heavy atom. The van der Waals surface area contributed by atoms with E-state index < -0.39 is 4.92 Å². The molecule has 1 atom stereocenters.